The Hall–Kier alpha value is -19.7. The average Bonchev–Trinajstić information content (AvgIpc) is 1.58. The van der Waals surface area contributed by atoms with Gasteiger partial charge in [0.15, 0.2) is 17.5 Å². The molecule has 0 aliphatic rings. The first-order valence-corrected chi connectivity index (χ1v) is 53.8. The molecule has 0 fully saturated rings. The van der Waals surface area contributed by atoms with E-state index < -0.39 is 8.07 Å². The van der Waals surface area contributed by atoms with Crippen molar-refractivity contribution in [3.8, 4) is 113 Å². The Labute approximate surface area is 856 Å². The zero-order valence-electron chi connectivity index (χ0n) is 81.4. The fraction of sp³-hybridized carbons (Fsp3) is 0.0226. The molecule has 0 bridgehead atoms. The van der Waals surface area contributed by atoms with E-state index in [-0.39, 0.29) is 0 Å². The Bertz CT molecular complexity index is 10400. The number of benzene rings is 18. The molecule has 0 atom stereocenters. The van der Waals surface area contributed by atoms with E-state index in [4.69, 9.17) is 29.3 Å². The van der Waals surface area contributed by atoms with Crippen molar-refractivity contribution in [1.82, 2.24) is 67.3 Å². The molecule has 15 nitrogen and oxygen atoms in total. The van der Waals surface area contributed by atoms with Gasteiger partial charge in [0.1, 0.15) is 17.0 Å². The van der Waals surface area contributed by atoms with Gasteiger partial charge in [-0.05, 0) is 203 Å². The number of pyridine rings is 3. The zero-order chi connectivity index (χ0) is 98.9. The van der Waals surface area contributed by atoms with Crippen LogP contribution in [0.5, 0.6) is 0 Å². The molecule has 0 saturated heterocycles. The summed E-state index contributed by atoms with van der Waals surface area (Å²) < 4.78 is 19.9. The number of furan rings is 1. The Morgan fingerprint density at radius 1 is 0.188 bits per heavy atom. The van der Waals surface area contributed by atoms with E-state index in [9.17, 15) is 0 Å². The van der Waals surface area contributed by atoms with Crippen molar-refractivity contribution in [3.63, 3.8) is 0 Å². The van der Waals surface area contributed by atoms with Crippen molar-refractivity contribution in [2.24, 2.45) is 0 Å². The van der Waals surface area contributed by atoms with E-state index in [1.54, 1.807) is 0 Å². The molecular weight excluding hydrogens is 1840 g/mol. The van der Waals surface area contributed by atoms with Crippen LogP contribution in [0, 0.1) is 0 Å². The second-order valence-electron chi connectivity index (χ2n) is 39.1. The van der Waals surface area contributed by atoms with Gasteiger partial charge < -0.3 is 22.7 Å². The first-order valence-electron chi connectivity index (χ1n) is 50.3. The Balaban J connectivity index is 0.000000108. The lowest BCUT2D eigenvalue weighted by Gasteiger charge is -2.17. The van der Waals surface area contributed by atoms with Gasteiger partial charge in [0.05, 0.1) is 98.6 Å². The van der Waals surface area contributed by atoms with Crippen LogP contribution in [0.15, 0.2) is 497 Å². The quantitative estimate of drug-likeness (QED) is 0.0971. The third-order valence-corrected chi connectivity index (χ3v) is 31.4. The van der Waals surface area contributed by atoms with Crippen LogP contribution in [-0.4, -0.2) is 75.3 Å². The summed E-state index contributed by atoms with van der Waals surface area (Å²) >= 11 is 0. The lowest BCUT2D eigenvalue weighted by Crippen LogP contribution is -2.37. The highest BCUT2D eigenvalue weighted by Gasteiger charge is 2.27. The van der Waals surface area contributed by atoms with E-state index in [1.165, 1.54) is 98.2 Å². The van der Waals surface area contributed by atoms with Crippen molar-refractivity contribution < 1.29 is 4.42 Å². The van der Waals surface area contributed by atoms with Gasteiger partial charge in [-0.2, -0.15) is 9.97 Å². The SMILES string of the molecule is C[Si](C)(C)c1ccc(-n2c3ccc(-c4ccc5c(c4)c4ccccc4n5-c4nc(-c5ccccc5)nc(-c5ccccc5)n4)cc3c3ccncc32)cc1.c1ccc(-c2cc(-n3c4ccc(-c5ccc6c(c5)c5ccccc5n6-c5ccccc5)cc4c4ccncc43)nc(-c3ccccc3)n2)cc1.c1ccc(-n2c3ccccc3c3cc(-c4ccc5c(c4)c4ccncc4n5-c4ccc5oc6ccccc6c5c4)ccc32)cc1. The summed E-state index contributed by atoms with van der Waals surface area (Å²) in [6.45, 7) is 7.17. The fourth-order valence-corrected chi connectivity index (χ4v) is 23.4. The van der Waals surface area contributed by atoms with Crippen molar-refractivity contribution >= 4 is 166 Å². The van der Waals surface area contributed by atoms with Crippen LogP contribution in [0.25, 0.3) is 266 Å². The van der Waals surface area contributed by atoms with E-state index in [2.05, 4.69) is 408 Å². The van der Waals surface area contributed by atoms with Crippen LogP contribution >= 0.6 is 0 Å². The largest absolute Gasteiger partial charge is 0.456 e. The van der Waals surface area contributed by atoms with Gasteiger partial charge >= 0.3 is 0 Å². The van der Waals surface area contributed by atoms with Crippen molar-refractivity contribution in [2.45, 2.75) is 19.6 Å². The maximum Gasteiger partial charge on any atom is 0.238 e. The normalized spacial score (nSPS) is 11.9. The van der Waals surface area contributed by atoms with Gasteiger partial charge in [0.2, 0.25) is 5.95 Å². The Kier molecular flexibility index (Phi) is 20.9. The highest BCUT2D eigenvalue weighted by molar-refractivity contribution is 6.88. The fourth-order valence-electron chi connectivity index (χ4n) is 22.2. The molecule has 0 N–H and O–H groups in total. The van der Waals surface area contributed by atoms with Crippen LogP contribution < -0.4 is 5.19 Å². The minimum atomic E-state index is -1.41. The molecule has 0 unspecified atom stereocenters. The second-order valence-corrected chi connectivity index (χ2v) is 44.1. The molecule has 149 heavy (non-hydrogen) atoms. The third-order valence-electron chi connectivity index (χ3n) is 29.3. The molecule has 0 amide bonds. The molecule has 18 aromatic carbocycles. The predicted octanol–water partition coefficient (Wildman–Crippen LogP) is 32.9. The van der Waals surface area contributed by atoms with E-state index >= 15 is 0 Å². The van der Waals surface area contributed by atoms with Crippen LogP contribution in [0.4, 0.5) is 0 Å². The third kappa shape index (κ3) is 15.1. The molecule has 0 spiro atoms. The maximum atomic E-state index is 6.13. The smallest absolute Gasteiger partial charge is 0.238 e. The Morgan fingerprint density at radius 3 is 0.906 bits per heavy atom. The minimum absolute atomic E-state index is 0.586. The van der Waals surface area contributed by atoms with Crippen LogP contribution in [-0.2, 0) is 0 Å². The number of rotatable bonds is 14. The number of para-hydroxylation sites is 6. The summed E-state index contributed by atoms with van der Waals surface area (Å²) in [5.41, 5.74) is 31.6. The van der Waals surface area contributed by atoms with Crippen molar-refractivity contribution in [1.29, 1.82) is 0 Å². The standard InChI is InChI=1S/C47H36N6Si.C45H29N5.C41H25N3O/c1-54(2,3)36-22-20-35(21-23-36)52-42-24-18-33(29-40(42)38-26-27-48-30-44(38)52)34-19-25-43-39(28-34)37-16-10-11-17-41(37)53(43)47-50-45(31-12-6-4-7-13-31)49-46(51-47)32-14-8-5-9-15-32;1-4-12-30(13-5-1)39-28-44(48-45(47-39)31-14-6-2-7-15-31)50-42-23-21-33(27-38(42)36-24-25-46-29-43(36)50)32-20-22-41-37(26-32)35-18-10-11-19-40(35)49(41)34-16-8-3-9-17-34;1-2-8-28(9-3-1)43-36-12-6-4-10-30(36)33-22-26(14-17-37(33)43)27-15-18-38-34(23-27)31-20-21-42-25-39(31)44(38)29-16-19-41-35(24-29)32-11-5-7-13-40(32)45-41/h4-30H,1-3H3;1-29H;1-25H. The highest BCUT2D eigenvalue weighted by Crippen LogP contribution is 2.46. The molecule has 30 aromatic rings. The maximum absolute atomic E-state index is 6.13. The molecule has 0 saturated carbocycles. The summed E-state index contributed by atoms with van der Waals surface area (Å²) in [6.07, 6.45) is 11.5. The summed E-state index contributed by atoms with van der Waals surface area (Å²) in [5.74, 6) is 3.34. The lowest BCUT2D eigenvalue weighted by atomic mass is 10.0. The van der Waals surface area contributed by atoms with Gasteiger partial charge in [0, 0.05) is 145 Å². The first kappa shape index (κ1) is 87.1. The predicted molar refractivity (Wildman–Crippen MR) is 616 cm³/mol. The molecule has 30 rings (SSSR count). The summed E-state index contributed by atoms with van der Waals surface area (Å²) in [7, 11) is -1.41. The number of nitrogens with zero attached hydrogens (tertiary/aromatic N) is 14. The van der Waals surface area contributed by atoms with Gasteiger partial charge in [-0.3, -0.25) is 24.1 Å². The number of fused-ring (bicyclic) bond motifs is 21. The van der Waals surface area contributed by atoms with Crippen molar-refractivity contribution in [2.75, 3.05) is 0 Å². The van der Waals surface area contributed by atoms with E-state index in [0.717, 1.165) is 150 Å². The van der Waals surface area contributed by atoms with E-state index in [1.807, 2.05) is 146 Å². The number of hydrogen-bond acceptors (Lipinski definition) is 9. The van der Waals surface area contributed by atoms with Crippen LogP contribution in [0.1, 0.15) is 0 Å². The monoisotopic (exact) mass is 1930 g/mol. The molecule has 0 aliphatic heterocycles. The molecule has 12 aromatic heterocycles. The van der Waals surface area contributed by atoms with Crippen LogP contribution in [0.2, 0.25) is 19.6 Å². The van der Waals surface area contributed by atoms with Gasteiger partial charge in [0.25, 0.3) is 0 Å². The first-order chi connectivity index (χ1) is 73.5. The van der Waals surface area contributed by atoms with Gasteiger partial charge in [-0.15, -0.1) is 0 Å². The lowest BCUT2D eigenvalue weighted by molar-refractivity contribution is 0.669. The minimum Gasteiger partial charge on any atom is -0.456 e. The molecule has 0 radical (unpaired) electrons. The Morgan fingerprint density at radius 2 is 0.490 bits per heavy atom. The second kappa shape index (κ2) is 35.7. The molecule has 702 valence electrons. The zero-order valence-corrected chi connectivity index (χ0v) is 82.4. The summed E-state index contributed by atoms with van der Waals surface area (Å²) in [4.78, 5) is 38.9. The summed E-state index contributed by atoms with van der Waals surface area (Å²) in [6, 6.07) is 161. The molecule has 12 heterocycles. The molecular formula is C133H90N14OSi. The average molecular weight is 1930 g/mol. The summed E-state index contributed by atoms with van der Waals surface area (Å²) in [5, 5.41) is 18.0. The number of aromatic nitrogens is 14. The highest BCUT2D eigenvalue weighted by atomic mass is 28.3. The van der Waals surface area contributed by atoms with E-state index in [0.29, 0.717) is 23.4 Å². The van der Waals surface area contributed by atoms with Crippen LogP contribution in [0.3, 0.4) is 0 Å². The van der Waals surface area contributed by atoms with Crippen molar-refractivity contribution in [3.05, 3.63) is 492 Å². The molecule has 0 aliphatic carbocycles. The molecule has 16 heteroatoms. The van der Waals surface area contributed by atoms with Gasteiger partial charge in [-0.1, -0.05) is 304 Å². The topological polar surface area (TPSA) is 146 Å². The van der Waals surface area contributed by atoms with Gasteiger partial charge in [-0.25, -0.2) is 15.0 Å². The number of hydrogen-bond donors (Lipinski definition) is 0.